The minimum atomic E-state index is -1.26. The molecule has 0 aromatic heterocycles. The first-order chi connectivity index (χ1) is 7.50. The molecule has 0 spiro atoms. The monoisotopic (exact) mass is 369 g/mol. The van der Waals surface area contributed by atoms with E-state index in [4.69, 9.17) is 23.2 Å². The third-order valence-electron chi connectivity index (χ3n) is 2.57. The Kier molecular flexibility index (Phi) is 3.66. The van der Waals surface area contributed by atoms with E-state index in [9.17, 15) is 4.79 Å². The zero-order valence-corrected chi connectivity index (χ0v) is 12.1. The van der Waals surface area contributed by atoms with Crippen molar-refractivity contribution < 1.29 is 4.79 Å². The van der Waals surface area contributed by atoms with Crippen LogP contribution < -0.4 is 4.90 Å². The average molecular weight is 370 g/mol. The van der Waals surface area contributed by atoms with Crippen molar-refractivity contribution in [3.05, 3.63) is 27.8 Å². The van der Waals surface area contributed by atoms with Crippen LogP contribution in [0.2, 0.25) is 0 Å². The van der Waals surface area contributed by atoms with Crippen LogP contribution in [-0.4, -0.2) is 16.8 Å². The summed E-state index contributed by atoms with van der Waals surface area (Å²) in [6.45, 7) is 0.681. The standard InChI is InChI=1S/C11H10Cl2INO/c12-11(13)6-1-7-15(10(11)16)9-4-2-8(14)3-5-9/h2-5H,1,6-7H2. The number of alkyl halides is 2. The van der Waals surface area contributed by atoms with Gasteiger partial charge in [-0.25, -0.2) is 0 Å². The van der Waals surface area contributed by atoms with Gasteiger partial charge in [0, 0.05) is 15.8 Å². The van der Waals surface area contributed by atoms with Gasteiger partial charge < -0.3 is 4.90 Å². The van der Waals surface area contributed by atoms with Gasteiger partial charge in [-0.2, -0.15) is 0 Å². The van der Waals surface area contributed by atoms with Crippen LogP contribution in [0.25, 0.3) is 0 Å². The highest BCUT2D eigenvalue weighted by atomic mass is 127. The molecule has 86 valence electrons. The topological polar surface area (TPSA) is 20.3 Å². The van der Waals surface area contributed by atoms with E-state index in [1.807, 2.05) is 24.3 Å². The molecule has 0 aliphatic carbocycles. The molecule has 1 aliphatic heterocycles. The zero-order valence-electron chi connectivity index (χ0n) is 8.42. The number of rotatable bonds is 1. The Morgan fingerprint density at radius 2 is 1.88 bits per heavy atom. The third-order valence-corrected chi connectivity index (χ3v) is 3.99. The number of amides is 1. The van der Waals surface area contributed by atoms with Crippen molar-refractivity contribution in [3.63, 3.8) is 0 Å². The van der Waals surface area contributed by atoms with E-state index < -0.39 is 4.33 Å². The van der Waals surface area contributed by atoms with Crippen molar-refractivity contribution in [1.82, 2.24) is 0 Å². The maximum absolute atomic E-state index is 12.0. The lowest BCUT2D eigenvalue weighted by atomic mass is 10.1. The Hall–Kier alpha value is -0.000000000000000111. The molecule has 0 radical (unpaired) electrons. The van der Waals surface area contributed by atoms with Crippen LogP contribution in [0.5, 0.6) is 0 Å². The molecule has 1 aromatic carbocycles. The second-order valence-electron chi connectivity index (χ2n) is 3.74. The number of hydrogen-bond acceptors (Lipinski definition) is 1. The highest BCUT2D eigenvalue weighted by Gasteiger charge is 2.40. The van der Waals surface area contributed by atoms with Crippen LogP contribution in [0.15, 0.2) is 24.3 Å². The van der Waals surface area contributed by atoms with E-state index >= 15 is 0 Å². The molecule has 0 atom stereocenters. The van der Waals surface area contributed by atoms with Crippen molar-refractivity contribution >= 4 is 57.4 Å². The van der Waals surface area contributed by atoms with Crippen LogP contribution in [-0.2, 0) is 4.79 Å². The fourth-order valence-corrected chi connectivity index (χ4v) is 2.56. The number of benzene rings is 1. The molecule has 5 heteroatoms. The molecule has 1 fully saturated rings. The van der Waals surface area contributed by atoms with Crippen molar-refractivity contribution in [1.29, 1.82) is 0 Å². The summed E-state index contributed by atoms with van der Waals surface area (Å²) in [5.41, 5.74) is 0.857. The molecule has 2 nitrogen and oxygen atoms in total. The molecule has 1 heterocycles. The maximum atomic E-state index is 12.0. The van der Waals surface area contributed by atoms with Gasteiger partial charge in [-0.3, -0.25) is 4.79 Å². The number of carbonyl (C=O) groups excluding carboxylic acids is 1. The molecule has 2 rings (SSSR count). The minimum absolute atomic E-state index is 0.219. The molecule has 0 N–H and O–H groups in total. The van der Waals surface area contributed by atoms with Gasteiger partial charge in [-0.05, 0) is 59.7 Å². The normalized spacial score (nSPS) is 19.9. The van der Waals surface area contributed by atoms with Gasteiger partial charge in [0.15, 0.2) is 4.33 Å². The Balaban J connectivity index is 2.27. The van der Waals surface area contributed by atoms with E-state index in [-0.39, 0.29) is 5.91 Å². The molecular weight excluding hydrogens is 360 g/mol. The first-order valence-electron chi connectivity index (χ1n) is 4.96. The molecular formula is C11H10Cl2INO. The fourth-order valence-electron chi connectivity index (χ4n) is 1.73. The van der Waals surface area contributed by atoms with E-state index in [1.54, 1.807) is 4.90 Å². The predicted molar refractivity (Wildman–Crippen MR) is 75.2 cm³/mol. The van der Waals surface area contributed by atoms with E-state index in [1.165, 1.54) is 0 Å². The summed E-state index contributed by atoms with van der Waals surface area (Å²) >= 11 is 14.2. The van der Waals surface area contributed by atoms with Crippen LogP contribution in [0.4, 0.5) is 5.69 Å². The first kappa shape index (κ1) is 12.5. The predicted octanol–water partition coefficient (Wildman–Crippen LogP) is 3.59. The lowest BCUT2D eigenvalue weighted by Gasteiger charge is -2.33. The molecule has 0 unspecified atom stereocenters. The Labute approximate surface area is 118 Å². The number of carbonyl (C=O) groups is 1. The van der Waals surface area contributed by atoms with Gasteiger partial charge >= 0.3 is 0 Å². The summed E-state index contributed by atoms with van der Waals surface area (Å²) in [7, 11) is 0. The second kappa shape index (κ2) is 4.70. The minimum Gasteiger partial charge on any atom is -0.310 e. The van der Waals surface area contributed by atoms with Gasteiger partial charge in [0.1, 0.15) is 0 Å². The van der Waals surface area contributed by atoms with Crippen LogP contribution in [0.3, 0.4) is 0 Å². The SMILES string of the molecule is O=C1N(c2ccc(I)cc2)CCCC1(Cl)Cl. The van der Waals surface area contributed by atoms with Gasteiger partial charge in [0.2, 0.25) is 0 Å². The second-order valence-corrected chi connectivity index (χ2v) is 6.47. The smallest absolute Gasteiger partial charge is 0.263 e. The summed E-state index contributed by atoms with van der Waals surface area (Å²) in [5.74, 6) is -0.219. The zero-order chi connectivity index (χ0) is 11.8. The summed E-state index contributed by atoms with van der Waals surface area (Å²) in [6.07, 6.45) is 1.35. The van der Waals surface area contributed by atoms with Gasteiger partial charge in [-0.1, -0.05) is 23.2 Å². The number of hydrogen-bond donors (Lipinski definition) is 0. The molecule has 1 aliphatic rings. The van der Waals surface area contributed by atoms with Crippen molar-refractivity contribution in [2.75, 3.05) is 11.4 Å². The summed E-state index contributed by atoms with van der Waals surface area (Å²) in [5, 5.41) is 0. The van der Waals surface area contributed by atoms with E-state index in [0.717, 1.165) is 15.7 Å². The molecule has 0 saturated carbocycles. The number of piperidine rings is 1. The Morgan fingerprint density at radius 3 is 2.50 bits per heavy atom. The van der Waals surface area contributed by atoms with Crippen LogP contribution >= 0.6 is 45.8 Å². The summed E-state index contributed by atoms with van der Waals surface area (Å²) < 4.78 is -0.129. The van der Waals surface area contributed by atoms with Crippen LogP contribution in [0.1, 0.15) is 12.8 Å². The van der Waals surface area contributed by atoms with Gasteiger partial charge in [0.25, 0.3) is 5.91 Å². The molecule has 1 saturated heterocycles. The van der Waals surface area contributed by atoms with E-state index in [2.05, 4.69) is 22.6 Å². The maximum Gasteiger partial charge on any atom is 0.263 e. The molecule has 16 heavy (non-hydrogen) atoms. The summed E-state index contributed by atoms with van der Waals surface area (Å²) in [4.78, 5) is 13.6. The third kappa shape index (κ3) is 2.46. The Bertz CT molecular complexity index is 405. The molecule has 1 aromatic rings. The van der Waals surface area contributed by atoms with Gasteiger partial charge in [0.05, 0.1) is 0 Å². The first-order valence-corrected chi connectivity index (χ1v) is 6.79. The quantitative estimate of drug-likeness (QED) is 0.547. The molecule has 1 amide bonds. The van der Waals surface area contributed by atoms with E-state index in [0.29, 0.717) is 13.0 Å². The fraction of sp³-hybridized carbons (Fsp3) is 0.364. The average Bonchev–Trinajstić information content (AvgIpc) is 2.24. The summed E-state index contributed by atoms with van der Waals surface area (Å²) in [6, 6.07) is 7.74. The molecule has 0 bridgehead atoms. The largest absolute Gasteiger partial charge is 0.310 e. The lowest BCUT2D eigenvalue weighted by molar-refractivity contribution is -0.120. The van der Waals surface area contributed by atoms with Gasteiger partial charge in [-0.15, -0.1) is 0 Å². The highest BCUT2D eigenvalue weighted by Crippen LogP contribution is 2.35. The van der Waals surface area contributed by atoms with Crippen molar-refractivity contribution in [2.45, 2.75) is 17.2 Å². The lowest BCUT2D eigenvalue weighted by Crippen LogP contribution is -2.47. The van der Waals surface area contributed by atoms with Crippen LogP contribution in [0, 0.1) is 3.57 Å². The number of anilines is 1. The number of nitrogens with zero attached hydrogens (tertiary/aromatic N) is 1. The van der Waals surface area contributed by atoms with Crippen molar-refractivity contribution in [2.24, 2.45) is 0 Å². The van der Waals surface area contributed by atoms with Crippen molar-refractivity contribution in [3.8, 4) is 0 Å². The number of halogens is 3. The highest BCUT2D eigenvalue weighted by molar-refractivity contribution is 14.1. The Morgan fingerprint density at radius 1 is 1.25 bits per heavy atom.